The number of hydrogen-bond acceptors (Lipinski definition) is 5. The van der Waals surface area contributed by atoms with Crippen LogP contribution in [0.2, 0.25) is 0 Å². The average molecular weight is 477 g/mol. The second kappa shape index (κ2) is 13.2. The number of hydrogen-bond donors (Lipinski definition) is 3. The third kappa shape index (κ3) is 8.05. The van der Waals surface area contributed by atoms with Crippen LogP contribution in [0, 0.1) is 0 Å². The van der Waals surface area contributed by atoms with Crippen LogP contribution in [-0.4, -0.2) is 26.0 Å². The predicted molar refractivity (Wildman–Crippen MR) is 132 cm³/mol. The lowest BCUT2D eigenvalue weighted by molar-refractivity contribution is 0.0695. The molecule has 0 saturated carbocycles. The van der Waals surface area contributed by atoms with Crippen LogP contribution < -0.4 is 15.2 Å². The summed E-state index contributed by atoms with van der Waals surface area (Å²) in [6.07, 6.45) is 8.42. The van der Waals surface area contributed by atoms with E-state index in [4.69, 9.17) is 9.88 Å². The maximum Gasteiger partial charge on any atom is 0.336 e. The van der Waals surface area contributed by atoms with Gasteiger partial charge in [-0.05, 0) is 43.0 Å². The van der Waals surface area contributed by atoms with E-state index in [1.54, 1.807) is 24.3 Å². The molecule has 0 aliphatic heterocycles. The molecule has 0 aromatic heterocycles. The number of benzene rings is 2. The molecule has 0 spiro atoms. The van der Waals surface area contributed by atoms with E-state index in [0.29, 0.717) is 30.0 Å². The van der Waals surface area contributed by atoms with Gasteiger partial charge in [0.15, 0.2) is 5.75 Å². The van der Waals surface area contributed by atoms with Crippen molar-refractivity contribution < 1.29 is 23.1 Å². The van der Waals surface area contributed by atoms with Crippen molar-refractivity contribution in [1.29, 1.82) is 0 Å². The number of carboxylic acids is 1. The minimum absolute atomic E-state index is 0.0506. The molecule has 182 valence electrons. The minimum Gasteiger partial charge on any atom is -0.478 e. The number of ether oxygens (including phenoxy) is 1. The Morgan fingerprint density at radius 3 is 2.21 bits per heavy atom. The number of primary sulfonamides is 1. The van der Waals surface area contributed by atoms with Gasteiger partial charge in [-0.2, -0.15) is 0 Å². The summed E-state index contributed by atoms with van der Waals surface area (Å²) in [5.41, 5.74) is 0.884. The van der Waals surface area contributed by atoms with Crippen LogP contribution in [0.5, 0.6) is 11.5 Å². The van der Waals surface area contributed by atoms with E-state index in [2.05, 4.69) is 19.2 Å². The Balaban J connectivity index is 2.62. The zero-order valence-electron chi connectivity index (χ0n) is 19.6. The molecule has 2 aromatic carbocycles. The van der Waals surface area contributed by atoms with Gasteiger partial charge in [-0.25, -0.2) is 18.4 Å². The number of unbranched alkanes of at least 4 members (excludes halogenated alkanes) is 6. The van der Waals surface area contributed by atoms with Gasteiger partial charge in [0.05, 0.1) is 11.3 Å². The van der Waals surface area contributed by atoms with Crippen molar-refractivity contribution in [3.05, 3.63) is 47.5 Å². The minimum atomic E-state index is -4.25. The summed E-state index contributed by atoms with van der Waals surface area (Å²) in [7, 11) is -4.25. The van der Waals surface area contributed by atoms with E-state index in [9.17, 15) is 18.3 Å². The van der Waals surface area contributed by atoms with E-state index >= 15 is 0 Å². The van der Waals surface area contributed by atoms with Crippen molar-refractivity contribution in [1.82, 2.24) is 0 Å². The highest BCUT2D eigenvalue weighted by molar-refractivity contribution is 7.89. The number of nitrogens with two attached hydrogens (primary N) is 1. The smallest absolute Gasteiger partial charge is 0.336 e. The Hall–Kier alpha value is -2.58. The van der Waals surface area contributed by atoms with E-state index in [0.717, 1.165) is 57.4 Å². The van der Waals surface area contributed by atoms with Gasteiger partial charge in [0.1, 0.15) is 10.6 Å². The molecule has 0 atom stereocenters. The standard InChI is InChI=1S/C25H36N2O5S/c1-3-5-7-12-16-20-21(25(28)29)18-22(33(26,30)31)24(32-19-14-10-9-11-15-19)23(20)27-17-13-8-6-4-2/h9-11,14-15,18,27H,3-8,12-13,16-17H2,1-2H3,(H,28,29)(H2,26,30,31). The van der Waals surface area contributed by atoms with Crippen molar-refractivity contribution >= 4 is 21.7 Å². The molecule has 0 aliphatic rings. The second-order valence-corrected chi connectivity index (χ2v) is 9.70. The van der Waals surface area contributed by atoms with Crippen LogP contribution in [0.15, 0.2) is 41.3 Å². The van der Waals surface area contributed by atoms with Crippen molar-refractivity contribution in [3.8, 4) is 11.5 Å². The summed E-state index contributed by atoms with van der Waals surface area (Å²) in [5.74, 6) is -0.697. The third-order valence-electron chi connectivity index (χ3n) is 5.47. The number of anilines is 1. The second-order valence-electron chi connectivity index (χ2n) is 8.17. The maximum atomic E-state index is 12.5. The normalized spacial score (nSPS) is 11.4. The van der Waals surface area contributed by atoms with E-state index in [1.807, 2.05) is 6.07 Å². The molecule has 2 rings (SSSR count). The highest BCUT2D eigenvalue weighted by Gasteiger charge is 2.27. The SMILES string of the molecule is CCCCCCNc1c(CCCCCC)c(C(=O)O)cc(S(N)(=O)=O)c1Oc1ccccc1. The van der Waals surface area contributed by atoms with Crippen LogP contribution in [0.4, 0.5) is 5.69 Å². The lowest BCUT2D eigenvalue weighted by atomic mass is 9.97. The fraction of sp³-hybridized carbons (Fsp3) is 0.480. The number of nitrogens with one attached hydrogen (secondary N) is 1. The van der Waals surface area contributed by atoms with Gasteiger partial charge in [0.2, 0.25) is 10.0 Å². The summed E-state index contributed by atoms with van der Waals surface area (Å²) in [4.78, 5) is 11.8. The molecule has 0 heterocycles. The molecule has 4 N–H and O–H groups in total. The molecular formula is C25H36N2O5S. The molecule has 0 saturated heterocycles. The summed E-state index contributed by atoms with van der Waals surface area (Å²) in [5, 5.41) is 18.7. The summed E-state index contributed by atoms with van der Waals surface area (Å²) in [6, 6.07) is 9.94. The van der Waals surface area contributed by atoms with Gasteiger partial charge in [-0.3, -0.25) is 0 Å². The van der Waals surface area contributed by atoms with Crippen molar-refractivity contribution in [2.75, 3.05) is 11.9 Å². The first-order valence-corrected chi connectivity index (χ1v) is 13.3. The fourth-order valence-corrected chi connectivity index (χ4v) is 4.41. The van der Waals surface area contributed by atoms with E-state index in [1.165, 1.54) is 0 Å². The quantitative estimate of drug-likeness (QED) is 0.274. The first kappa shape index (κ1) is 26.7. The Morgan fingerprint density at radius 1 is 1.00 bits per heavy atom. The van der Waals surface area contributed by atoms with Crippen molar-refractivity contribution in [3.63, 3.8) is 0 Å². The average Bonchev–Trinajstić information content (AvgIpc) is 2.77. The lowest BCUT2D eigenvalue weighted by Gasteiger charge is -2.22. The van der Waals surface area contributed by atoms with Crippen LogP contribution in [0.25, 0.3) is 0 Å². The monoisotopic (exact) mass is 476 g/mol. The summed E-state index contributed by atoms with van der Waals surface area (Å²) in [6.45, 7) is 4.81. The molecule has 0 amide bonds. The number of sulfonamides is 1. The number of carbonyl (C=O) groups is 1. The van der Waals surface area contributed by atoms with E-state index in [-0.39, 0.29) is 16.2 Å². The molecule has 0 radical (unpaired) electrons. The first-order chi connectivity index (χ1) is 15.8. The summed E-state index contributed by atoms with van der Waals surface area (Å²) < 4.78 is 31.0. The molecule has 0 fully saturated rings. The highest BCUT2D eigenvalue weighted by Crippen LogP contribution is 2.41. The molecular weight excluding hydrogens is 440 g/mol. The molecule has 0 aliphatic carbocycles. The van der Waals surface area contributed by atoms with Gasteiger partial charge < -0.3 is 15.2 Å². The third-order valence-corrected chi connectivity index (χ3v) is 6.38. The Bertz CT molecular complexity index is 1010. The molecule has 33 heavy (non-hydrogen) atoms. The number of aromatic carboxylic acids is 1. The number of carboxylic acid groups (broad SMARTS) is 1. The van der Waals surface area contributed by atoms with E-state index < -0.39 is 16.0 Å². The zero-order valence-corrected chi connectivity index (χ0v) is 20.4. The van der Waals surface area contributed by atoms with Gasteiger partial charge >= 0.3 is 5.97 Å². The van der Waals surface area contributed by atoms with Gasteiger partial charge in [-0.1, -0.05) is 70.6 Å². The predicted octanol–water partition coefficient (Wildman–Crippen LogP) is 5.94. The van der Waals surface area contributed by atoms with Crippen LogP contribution >= 0.6 is 0 Å². The Labute approximate surface area is 197 Å². The summed E-state index contributed by atoms with van der Waals surface area (Å²) >= 11 is 0. The molecule has 8 heteroatoms. The van der Waals surface area contributed by atoms with Crippen molar-refractivity contribution in [2.45, 2.75) is 76.5 Å². The van der Waals surface area contributed by atoms with Crippen LogP contribution in [0.3, 0.4) is 0 Å². The molecule has 2 aromatic rings. The fourth-order valence-electron chi connectivity index (χ4n) is 3.73. The molecule has 7 nitrogen and oxygen atoms in total. The molecule has 0 bridgehead atoms. The Morgan fingerprint density at radius 2 is 1.64 bits per heavy atom. The number of rotatable bonds is 15. The number of para-hydroxylation sites is 1. The van der Waals surface area contributed by atoms with Crippen LogP contribution in [0.1, 0.15) is 81.1 Å². The first-order valence-electron chi connectivity index (χ1n) is 11.7. The van der Waals surface area contributed by atoms with Gasteiger partial charge in [0, 0.05) is 6.54 Å². The lowest BCUT2D eigenvalue weighted by Crippen LogP contribution is -2.18. The Kier molecular flexibility index (Phi) is 10.7. The largest absolute Gasteiger partial charge is 0.478 e. The van der Waals surface area contributed by atoms with Gasteiger partial charge in [-0.15, -0.1) is 0 Å². The van der Waals surface area contributed by atoms with Crippen molar-refractivity contribution in [2.24, 2.45) is 5.14 Å². The highest BCUT2D eigenvalue weighted by atomic mass is 32.2. The van der Waals surface area contributed by atoms with Gasteiger partial charge in [0.25, 0.3) is 0 Å². The molecule has 0 unspecified atom stereocenters. The van der Waals surface area contributed by atoms with Crippen LogP contribution in [-0.2, 0) is 16.4 Å². The zero-order chi connectivity index (χ0) is 24.3. The maximum absolute atomic E-state index is 12.5. The topological polar surface area (TPSA) is 119 Å².